The van der Waals surface area contributed by atoms with E-state index in [-0.39, 0.29) is 18.0 Å². The number of nitrogens with one attached hydrogen (secondary N) is 2. The van der Waals surface area contributed by atoms with Gasteiger partial charge in [-0.2, -0.15) is 0 Å². The van der Waals surface area contributed by atoms with Crippen LogP contribution in [0, 0.1) is 0 Å². The Balaban J connectivity index is 1.31. The summed E-state index contributed by atoms with van der Waals surface area (Å²) in [5, 5.41) is 0. The van der Waals surface area contributed by atoms with Crippen molar-refractivity contribution >= 4 is 5.91 Å². The number of fused-ring (bicyclic) bond motifs is 1. The van der Waals surface area contributed by atoms with Crippen molar-refractivity contribution < 1.29 is 14.3 Å². The van der Waals surface area contributed by atoms with Gasteiger partial charge >= 0.3 is 0 Å². The van der Waals surface area contributed by atoms with Gasteiger partial charge in [0.25, 0.3) is 0 Å². The molecule has 2 heterocycles. The Kier molecular flexibility index (Phi) is 4.77. The van der Waals surface area contributed by atoms with E-state index in [1.807, 2.05) is 41.3 Å². The molecule has 1 amide bonds. The summed E-state index contributed by atoms with van der Waals surface area (Å²) in [6.45, 7) is 1.85. The Morgan fingerprint density at radius 3 is 2.38 bits per heavy atom. The van der Waals surface area contributed by atoms with E-state index < -0.39 is 0 Å². The molecule has 0 saturated carbocycles. The Bertz CT molecular complexity index is 770. The van der Waals surface area contributed by atoms with Gasteiger partial charge < -0.3 is 14.4 Å². The molecule has 2 N–H and O–H groups in total. The Morgan fingerprint density at radius 1 is 1.04 bits per heavy atom. The lowest BCUT2D eigenvalue weighted by molar-refractivity contribution is -0.133. The van der Waals surface area contributed by atoms with Crippen LogP contribution in [0.5, 0.6) is 11.5 Å². The highest BCUT2D eigenvalue weighted by Gasteiger charge is 2.34. The molecule has 2 aromatic rings. The summed E-state index contributed by atoms with van der Waals surface area (Å²) in [4.78, 5) is 14.7. The number of methoxy groups -OCH3 is 1. The number of hydrogen-bond donors (Lipinski definition) is 2. The highest BCUT2D eigenvalue weighted by molar-refractivity contribution is 5.82. The van der Waals surface area contributed by atoms with Gasteiger partial charge in [-0.05, 0) is 29.7 Å². The van der Waals surface area contributed by atoms with Crippen LogP contribution in [0.15, 0.2) is 48.5 Å². The topological polar surface area (TPSA) is 62.8 Å². The maximum atomic E-state index is 12.8. The highest BCUT2D eigenvalue weighted by atomic mass is 16.5. The van der Waals surface area contributed by atoms with Gasteiger partial charge in [0.2, 0.25) is 5.91 Å². The van der Waals surface area contributed by atoms with E-state index in [0.29, 0.717) is 37.6 Å². The quantitative estimate of drug-likeness (QED) is 0.859. The van der Waals surface area contributed by atoms with Gasteiger partial charge in [-0.25, -0.2) is 5.43 Å². The molecule has 1 fully saturated rings. The van der Waals surface area contributed by atoms with Gasteiger partial charge in [-0.3, -0.25) is 10.2 Å². The van der Waals surface area contributed by atoms with Gasteiger partial charge in [0, 0.05) is 13.1 Å². The Morgan fingerprint density at radius 2 is 1.69 bits per heavy atom. The normalized spacial score (nSPS) is 21.5. The van der Waals surface area contributed by atoms with E-state index in [4.69, 9.17) is 9.47 Å². The average Bonchev–Trinajstić information content (AvgIpc) is 3.33. The Hall–Kier alpha value is -2.57. The molecule has 136 valence electrons. The largest absolute Gasteiger partial charge is 0.493 e. The van der Waals surface area contributed by atoms with Crippen molar-refractivity contribution in [3.63, 3.8) is 0 Å². The minimum atomic E-state index is -0.226. The molecule has 2 aliphatic heterocycles. The molecule has 6 heteroatoms. The summed E-state index contributed by atoms with van der Waals surface area (Å²) in [5.74, 6) is 1.55. The maximum absolute atomic E-state index is 12.8. The van der Waals surface area contributed by atoms with Crippen LogP contribution < -0.4 is 20.3 Å². The smallest absolute Gasteiger partial charge is 0.241 e. The molecule has 2 aromatic carbocycles. The molecule has 0 spiro atoms. The van der Waals surface area contributed by atoms with Crippen molar-refractivity contribution in [1.29, 1.82) is 0 Å². The fourth-order valence-electron chi connectivity index (χ4n) is 3.53. The summed E-state index contributed by atoms with van der Waals surface area (Å²) in [7, 11) is 1.63. The van der Waals surface area contributed by atoms with Crippen LogP contribution in [0.1, 0.15) is 17.5 Å². The third kappa shape index (κ3) is 3.38. The first-order chi connectivity index (χ1) is 12.7. The second kappa shape index (κ2) is 7.35. The number of carbonyl (C=O) groups excluding carboxylic acids is 1. The molecule has 0 bridgehead atoms. The lowest BCUT2D eigenvalue weighted by Gasteiger charge is -2.19. The number of carbonyl (C=O) groups is 1. The van der Waals surface area contributed by atoms with E-state index in [1.54, 1.807) is 7.11 Å². The van der Waals surface area contributed by atoms with Crippen LogP contribution in [-0.4, -0.2) is 36.6 Å². The molecule has 6 nitrogen and oxygen atoms in total. The number of para-hydroxylation sites is 2. The predicted octanol–water partition coefficient (Wildman–Crippen LogP) is 1.85. The Labute approximate surface area is 153 Å². The van der Waals surface area contributed by atoms with Crippen LogP contribution in [0.4, 0.5) is 0 Å². The van der Waals surface area contributed by atoms with Crippen molar-refractivity contribution in [2.75, 3.05) is 13.7 Å². The predicted molar refractivity (Wildman–Crippen MR) is 97.6 cm³/mol. The summed E-state index contributed by atoms with van der Waals surface area (Å²) < 4.78 is 11.2. The first-order valence-corrected chi connectivity index (χ1v) is 8.87. The minimum Gasteiger partial charge on any atom is -0.493 e. The number of rotatable bonds is 5. The van der Waals surface area contributed by atoms with Gasteiger partial charge in [-0.1, -0.05) is 36.4 Å². The second-order valence-electron chi connectivity index (χ2n) is 6.70. The van der Waals surface area contributed by atoms with Gasteiger partial charge in [0.1, 0.15) is 12.6 Å². The molecular weight excluding hydrogens is 330 g/mol. The van der Waals surface area contributed by atoms with Crippen molar-refractivity contribution in [2.45, 2.75) is 31.6 Å². The van der Waals surface area contributed by atoms with E-state index in [0.717, 1.165) is 0 Å². The fraction of sp³-hybridized carbons (Fsp3) is 0.350. The lowest BCUT2D eigenvalue weighted by atomic mass is 10.1. The SMILES string of the molecule is COc1ccccc1OCC1CC(C(=O)N2Cc3ccccc3C2)NN1. The summed E-state index contributed by atoms with van der Waals surface area (Å²) in [5.41, 5.74) is 8.78. The van der Waals surface area contributed by atoms with E-state index in [2.05, 4.69) is 23.0 Å². The van der Waals surface area contributed by atoms with Crippen LogP contribution >= 0.6 is 0 Å². The van der Waals surface area contributed by atoms with Crippen LogP contribution in [0.3, 0.4) is 0 Å². The molecule has 0 aliphatic carbocycles. The molecule has 2 atom stereocenters. The van der Waals surface area contributed by atoms with Crippen molar-refractivity contribution in [3.8, 4) is 11.5 Å². The van der Waals surface area contributed by atoms with Crippen LogP contribution in [-0.2, 0) is 17.9 Å². The zero-order chi connectivity index (χ0) is 17.9. The molecule has 0 radical (unpaired) electrons. The zero-order valence-electron chi connectivity index (χ0n) is 14.8. The first-order valence-electron chi connectivity index (χ1n) is 8.87. The number of amides is 1. The molecule has 4 rings (SSSR count). The van der Waals surface area contributed by atoms with Crippen molar-refractivity contribution in [2.24, 2.45) is 0 Å². The lowest BCUT2D eigenvalue weighted by Crippen LogP contribution is -2.44. The highest BCUT2D eigenvalue weighted by Crippen LogP contribution is 2.27. The average molecular weight is 353 g/mol. The molecular formula is C20H23N3O3. The standard InChI is InChI=1S/C20H23N3O3/c1-25-18-8-4-5-9-19(18)26-13-16-10-17(22-21-16)20(24)23-11-14-6-2-3-7-15(14)12-23/h2-9,16-17,21-22H,10-13H2,1H3. The summed E-state index contributed by atoms with van der Waals surface area (Å²) >= 11 is 0. The zero-order valence-corrected chi connectivity index (χ0v) is 14.8. The molecule has 26 heavy (non-hydrogen) atoms. The maximum Gasteiger partial charge on any atom is 0.241 e. The van der Waals surface area contributed by atoms with Gasteiger partial charge in [0.05, 0.1) is 13.2 Å². The first kappa shape index (κ1) is 16.9. The van der Waals surface area contributed by atoms with Gasteiger partial charge in [0.15, 0.2) is 11.5 Å². The molecule has 1 saturated heterocycles. The number of ether oxygens (including phenoxy) is 2. The van der Waals surface area contributed by atoms with E-state index >= 15 is 0 Å². The second-order valence-corrected chi connectivity index (χ2v) is 6.70. The summed E-state index contributed by atoms with van der Waals surface area (Å²) in [6.07, 6.45) is 0.695. The van der Waals surface area contributed by atoms with Crippen molar-refractivity contribution in [1.82, 2.24) is 15.8 Å². The van der Waals surface area contributed by atoms with Crippen LogP contribution in [0.2, 0.25) is 0 Å². The van der Waals surface area contributed by atoms with Crippen LogP contribution in [0.25, 0.3) is 0 Å². The number of hydrazine groups is 1. The third-order valence-electron chi connectivity index (χ3n) is 4.94. The monoisotopic (exact) mass is 353 g/mol. The number of hydrogen-bond acceptors (Lipinski definition) is 5. The fourth-order valence-corrected chi connectivity index (χ4v) is 3.53. The van der Waals surface area contributed by atoms with Gasteiger partial charge in [-0.15, -0.1) is 0 Å². The number of benzene rings is 2. The summed E-state index contributed by atoms with van der Waals surface area (Å²) in [6, 6.07) is 15.6. The van der Waals surface area contributed by atoms with E-state index in [1.165, 1.54) is 11.1 Å². The molecule has 2 aliphatic rings. The molecule has 0 aromatic heterocycles. The minimum absolute atomic E-state index is 0.0684. The van der Waals surface area contributed by atoms with E-state index in [9.17, 15) is 4.79 Å². The number of nitrogens with zero attached hydrogens (tertiary/aromatic N) is 1. The molecule has 2 unspecified atom stereocenters. The third-order valence-corrected chi connectivity index (χ3v) is 4.94. The van der Waals surface area contributed by atoms with Crippen molar-refractivity contribution in [3.05, 3.63) is 59.7 Å².